The minimum absolute atomic E-state index is 0.0255. The van der Waals surface area contributed by atoms with Crippen LogP contribution in [-0.2, 0) is 0 Å². The minimum atomic E-state index is -2.52. The van der Waals surface area contributed by atoms with Gasteiger partial charge in [-0.2, -0.15) is 0 Å². The Morgan fingerprint density at radius 3 is 2.79 bits per heavy atom. The summed E-state index contributed by atoms with van der Waals surface area (Å²) < 4.78 is 25.1. The van der Waals surface area contributed by atoms with Gasteiger partial charge in [0.15, 0.2) is 0 Å². The van der Waals surface area contributed by atoms with Crippen molar-refractivity contribution < 1.29 is 8.78 Å². The molecule has 0 aliphatic carbocycles. The van der Waals surface area contributed by atoms with Crippen LogP contribution < -0.4 is 5.73 Å². The molecule has 0 amide bonds. The van der Waals surface area contributed by atoms with E-state index in [2.05, 4.69) is 4.90 Å². The highest BCUT2D eigenvalue weighted by Crippen LogP contribution is 2.22. The van der Waals surface area contributed by atoms with Gasteiger partial charge >= 0.3 is 0 Å². The average Bonchev–Trinajstić information content (AvgIpc) is 2.49. The summed E-state index contributed by atoms with van der Waals surface area (Å²) in [6, 6.07) is 0. The number of likely N-dealkylation sites (tertiary alicyclic amines) is 1. The first-order valence-electron chi connectivity index (χ1n) is 5.31. The molecule has 4 heteroatoms. The first-order chi connectivity index (χ1) is 6.51. The Morgan fingerprint density at radius 2 is 2.21 bits per heavy atom. The summed E-state index contributed by atoms with van der Waals surface area (Å²) in [5, 5.41) is 0. The second-order valence-corrected chi connectivity index (χ2v) is 4.35. The smallest absolute Gasteiger partial charge is 0.246 e. The summed E-state index contributed by atoms with van der Waals surface area (Å²) in [7, 11) is 0. The number of nitrogens with zero attached hydrogens (tertiary/aromatic N) is 1. The fourth-order valence-electron chi connectivity index (χ4n) is 1.94. The van der Waals surface area contributed by atoms with Crippen LogP contribution in [0.4, 0.5) is 8.78 Å². The third-order valence-corrected chi connectivity index (χ3v) is 2.81. The molecule has 0 saturated carbocycles. The van der Waals surface area contributed by atoms with Crippen LogP contribution in [0, 0.1) is 5.92 Å². The molecule has 1 atom stereocenters. The molecule has 1 heterocycles. The molecule has 84 valence electrons. The van der Waals surface area contributed by atoms with Gasteiger partial charge in [-0.05, 0) is 38.8 Å². The lowest BCUT2D eigenvalue weighted by Crippen LogP contribution is -2.27. The van der Waals surface area contributed by atoms with E-state index in [1.807, 2.05) is 0 Å². The van der Waals surface area contributed by atoms with Crippen LogP contribution in [0.25, 0.3) is 0 Å². The van der Waals surface area contributed by atoms with E-state index in [-0.39, 0.29) is 6.42 Å². The minimum Gasteiger partial charge on any atom is -0.330 e. The summed E-state index contributed by atoms with van der Waals surface area (Å²) in [5.41, 5.74) is 5.46. The van der Waals surface area contributed by atoms with E-state index in [4.69, 9.17) is 5.73 Å². The Kier molecular flexibility index (Phi) is 4.26. The van der Waals surface area contributed by atoms with Crippen LogP contribution in [0.15, 0.2) is 0 Å². The zero-order valence-electron chi connectivity index (χ0n) is 8.81. The van der Waals surface area contributed by atoms with Crippen LogP contribution in [0.1, 0.15) is 26.2 Å². The zero-order chi connectivity index (χ0) is 10.6. The molecule has 0 aromatic rings. The molecular formula is C10H20F2N2. The van der Waals surface area contributed by atoms with Gasteiger partial charge in [0, 0.05) is 19.5 Å². The normalized spacial score (nSPS) is 24.4. The fraction of sp³-hybridized carbons (Fsp3) is 1.00. The summed E-state index contributed by atoms with van der Waals surface area (Å²) in [5.74, 6) is -1.89. The topological polar surface area (TPSA) is 29.3 Å². The first kappa shape index (κ1) is 11.9. The van der Waals surface area contributed by atoms with Gasteiger partial charge in [-0.1, -0.05) is 0 Å². The molecule has 1 unspecified atom stereocenters. The van der Waals surface area contributed by atoms with Crippen molar-refractivity contribution in [1.29, 1.82) is 0 Å². The standard InChI is InChI=1S/C10H20F2N2/c1-10(11,12)4-7-14-6-3-9(8-14)2-5-13/h9H,2-8,13H2,1H3. The zero-order valence-corrected chi connectivity index (χ0v) is 8.81. The van der Waals surface area contributed by atoms with Crippen molar-refractivity contribution in [1.82, 2.24) is 4.90 Å². The highest BCUT2D eigenvalue weighted by atomic mass is 19.3. The summed E-state index contributed by atoms with van der Waals surface area (Å²) in [6.07, 6.45) is 2.12. The molecule has 1 rings (SSSR count). The van der Waals surface area contributed by atoms with Crippen molar-refractivity contribution >= 4 is 0 Å². The molecule has 0 radical (unpaired) electrons. The first-order valence-corrected chi connectivity index (χ1v) is 5.31. The highest BCUT2D eigenvalue weighted by molar-refractivity contribution is 4.76. The number of nitrogens with two attached hydrogens (primary N) is 1. The van der Waals surface area contributed by atoms with Crippen LogP contribution >= 0.6 is 0 Å². The van der Waals surface area contributed by atoms with Gasteiger partial charge < -0.3 is 10.6 Å². The predicted molar refractivity (Wildman–Crippen MR) is 53.5 cm³/mol. The SMILES string of the molecule is CC(F)(F)CCN1CCC(CCN)C1. The number of rotatable bonds is 5. The molecule has 2 N–H and O–H groups in total. The second-order valence-electron chi connectivity index (χ2n) is 4.35. The van der Waals surface area contributed by atoms with E-state index in [0.29, 0.717) is 19.0 Å². The molecule has 14 heavy (non-hydrogen) atoms. The summed E-state index contributed by atoms with van der Waals surface area (Å²) in [4.78, 5) is 2.12. The molecule has 1 saturated heterocycles. The second kappa shape index (κ2) is 5.03. The van der Waals surface area contributed by atoms with Crippen molar-refractivity contribution in [3.63, 3.8) is 0 Å². The third kappa shape index (κ3) is 4.33. The summed E-state index contributed by atoms with van der Waals surface area (Å²) >= 11 is 0. The Bertz CT molecular complexity index is 168. The van der Waals surface area contributed by atoms with Gasteiger partial charge in [0.1, 0.15) is 0 Å². The van der Waals surface area contributed by atoms with Crippen molar-refractivity contribution in [3.8, 4) is 0 Å². The molecule has 0 bridgehead atoms. The monoisotopic (exact) mass is 206 g/mol. The maximum Gasteiger partial charge on any atom is 0.246 e. The third-order valence-electron chi connectivity index (χ3n) is 2.81. The van der Waals surface area contributed by atoms with Gasteiger partial charge in [0.2, 0.25) is 5.92 Å². The Hall–Kier alpha value is -0.220. The van der Waals surface area contributed by atoms with E-state index in [1.165, 1.54) is 0 Å². The quantitative estimate of drug-likeness (QED) is 0.742. The van der Waals surface area contributed by atoms with Crippen LogP contribution in [0.2, 0.25) is 0 Å². The molecular weight excluding hydrogens is 186 g/mol. The van der Waals surface area contributed by atoms with Crippen molar-refractivity contribution in [2.24, 2.45) is 11.7 Å². The number of hydrogen-bond donors (Lipinski definition) is 1. The van der Waals surface area contributed by atoms with Gasteiger partial charge in [0.25, 0.3) is 0 Å². The van der Waals surface area contributed by atoms with E-state index in [1.54, 1.807) is 0 Å². The lowest BCUT2D eigenvalue weighted by atomic mass is 10.1. The molecule has 0 aromatic carbocycles. The van der Waals surface area contributed by atoms with Crippen LogP contribution in [-0.4, -0.2) is 37.0 Å². The molecule has 1 fully saturated rings. The lowest BCUT2D eigenvalue weighted by molar-refractivity contribution is 0.00479. The maximum atomic E-state index is 12.6. The number of alkyl halides is 2. The molecule has 0 aromatic heterocycles. The van der Waals surface area contributed by atoms with Crippen LogP contribution in [0.3, 0.4) is 0 Å². The molecule has 1 aliphatic heterocycles. The fourth-order valence-corrected chi connectivity index (χ4v) is 1.94. The highest BCUT2D eigenvalue weighted by Gasteiger charge is 2.26. The van der Waals surface area contributed by atoms with Crippen molar-refractivity contribution in [2.45, 2.75) is 32.1 Å². The van der Waals surface area contributed by atoms with Gasteiger partial charge in [0.05, 0.1) is 0 Å². The maximum absolute atomic E-state index is 12.6. The summed E-state index contributed by atoms with van der Waals surface area (Å²) in [6.45, 7) is 4.13. The Labute approximate surface area is 84.4 Å². The Balaban J connectivity index is 2.16. The van der Waals surface area contributed by atoms with Gasteiger partial charge in [-0.15, -0.1) is 0 Å². The van der Waals surface area contributed by atoms with E-state index in [0.717, 1.165) is 32.9 Å². The largest absolute Gasteiger partial charge is 0.330 e. The van der Waals surface area contributed by atoms with Crippen molar-refractivity contribution in [2.75, 3.05) is 26.2 Å². The molecule has 0 spiro atoms. The van der Waals surface area contributed by atoms with E-state index >= 15 is 0 Å². The lowest BCUT2D eigenvalue weighted by Gasteiger charge is -2.18. The van der Waals surface area contributed by atoms with Gasteiger partial charge in [-0.3, -0.25) is 0 Å². The number of halogens is 2. The van der Waals surface area contributed by atoms with Gasteiger partial charge in [-0.25, -0.2) is 8.78 Å². The predicted octanol–water partition coefficient (Wildman–Crippen LogP) is 1.70. The molecule has 2 nitrogen and oxygen atoms in total. The Morgan fingerprint density at radius 1 is 1.50 bits per heavy atom. The van der Waals surface area contributed by atoms with E-state index in [9.17, 15) is 8.78 Å². The average molecular weight is 206 g/mol. The number of hydrogen-bond acceptors (Lipinski definition) is 2. The molecule has 1 aliphatic rings. The van der Waals surface area contributed by atoms with E-state index < -0.39 is 5.92 Å². The van der Waals surface area contributed by atoms with Crippen LogP contribution in [0.5, 0.6) is 0 Å². The van der Waals surface area contributed by atoms with Crippen molar-refractivity contribution in [3.05, 3.63) is 0 Å².